The Labute approximate surface area is 170 Å². The average molecular weight is 392 g/mol. The van der Waals surface area contributed by atoms with E-state index in [4.69, 9.17) is 9.47 Å². The number of hydrogen-bond acceptors (Lipinski definition) is 4. The van der Waals surface area contributed by atoms with E-state index in [1.807, 2.05) is 24.3 Å². The fourth-order valence-corrected chi connectivity index (χ4v) is 6.41. The van der Waals surface area contributed by atoms with E-state index < -0.39 is 11.6 Å². The van der Waals surface area contributed by atoms with E-state index in [0.717, 1.165) is 29.2 Å². The van der Waals surface area contributed by atoms with Crippen LogP contribution in [0.1, 0.15) is 30.4 Å². The lowest BCUT2D eigenvalue weighted by Crippen LogP contribution is -2.59. The first kappa shape index (κ1) is 17.5. The van der Waals surface area contributed by atoms with Crippen LogP contribution in [-0.4, -0.2) is 47.8 Å². The van der Waals surface area contributed by atoms with Crippen molar-refractivity contribution in [2.24, 2.45) is 11.8 Å². The van der Waals surface area contributed by atoms with Crippen LogP contribution in [0.4, 0.5) is 0 Å². The van der Waals surface area contributed by atoms with Crippen LogP contribution in [-0.2, 0) is 15.1 Å². The predicted molar refractivity (Wildman–Crippen MR) is 106 cm³/mol. The number of carbonyl (C=O) groups is 1. The number of aliphatic hydroxyl groups is 1. The monoisotopic (exact) mass is 392 g/mol. The maximum Gasteiger partial charge on any atom is 0.348 e. The van der Waals surface area contributed by atoms with Gasteiger partial charge in [-0.2, -0.15) is 0 Å². The highest BCUT2D eigenvalue weighted by Gasteiger charge is 2.68. The Kier molecular flexibility index (Phi) is 3.38. The molecule has 0 aromatic heterocycles. The van der Waals surface area contributed by atoms with Crippen molar-refractivity contribution in [2.45, 2.75) is 43.1 Å². The van der Waals surface area contributed by atoms with Gasteiger partial charge in [0.2, 0.25) is 5.60 Å². The van der Waals surface area contributed by atoms with Gasteiger partial charge in [0.25, 0.3) is 0 Å². The van der Waals surface area contributed by atoms with E-state index >= 15 is 0 Å². The van der Waals surface area contributed by atoms with E-state index in [-0.39, 0.29) is 6.10 Å². The highest BCUT2D eigenvalue weighted by molar-refractivity contribution is 5.88. The van der Waals surface area contributed by atoms with Gasteiger partial charge >= 0.3 is 5.97 Å². The van der Waals surface area contributed by atoms with E-state index in [1.54, 1.807) is 24.3 Å². The zero-order chi connectivity index (χ0) is 20.0. The molecule has 29 heavy (non-hydrogen) atoms. The zero-order valence-corrected chi connectivity index (χ0v) is 16.7. The van der Waals surface area contributed by atoms with Crippen LogP contribution in [0.15, 0.2) is 48.5 Å². The van der Waals surface area contributed by atoms with E-state index in [9.17, 15) is 9.90 Å². The normalized spacial score (nSPS) is 34.2. The number of quaternary nitrogens is 1. The minimum absolute atomic E-state index is 0.136. The smallest absolute Gasteiger partial charge is 0.348 e. The summed E-state index contributed by atoms with van der Waals surface area (Å²) in [6.45, 7) is 0. The van der Waals surface area contributed by atoms with Gasteiger partial charge in [0.05, 0.1) is 26.2 Å². The van der Waals surface area contributed by atoms with Crippen LogP contribution in [0.2, 0.25) is 0 Å². The molecule has 6 rings (SSSR count). The lowest BCUT2D eigenvalue weighted by atomic mass is 9.83. The third-order valence-electron chi connectivity index (χ3n) is 7.94. The maximum absolute atomic E-state index is 13.5. The SMILES string of the molecule is C[N+]1(C)C2C[C@H](OC(=O)C3(O)c4ccccc4Oc4ccccc43)CC1[C@H]1CC21. The third-order valence-corrected chi connectivity index (χ3v) is 7.94. The number of carbonyl (C=O) groups excluding carboxylic acids is 1. The number of ether oxygens (including phenoxy) is 2. The van der Waals surface area contributed by atoms with Crippen molar-refractivity contribution in [1.82, 2.24) is 0 Å². The van der Waals surface area contributed by atoms with Gasteiger partial charge in [0, 0.05) is 35.8 Å². The predicted octanol–water partition coefficient (Wildman–Crippen LogP) is 3.20. The molecule has 150 valence electrons. The van der Waals surface area contributed by atoms with Crippen LogP contribution >= 0.6 is 0 Å². The molecule has 2 saturated heterocycles. The summed E-state index contributed by atoms with van der Waals surface area (Å²) in [5.41, 5.74) is -0.960. The highest BCUT2D eigenvalue weighted by atomic mass is 16.6. The summed E-state index contributed by atoms with van der Waals surface area (Å²) in [6.07, 6.45) is 2.96. The van der Waals surface area contributed by atoms with E-state index in [1.165, 1.54) is 6.42 Å². The van der Waals surface area contributed by atoms with Gasteiger partial charge in [-0.3, -0.25) is 0 Å². The molecule has 1 saturated carbocycles. The van der Waals surface area contributed by atoms with Crippen LogP contribution < -0.4 is 4.74 Å². The maximum atomic E-state index is 13.5. The van der Waals surface area contributed by atoms with Gasteiger partial charge in [-0.1, -0.05) is 36.4 Å². The Morgan fingerprint density at radius 2 is 1.48 bits per heavy atom. The Balaban J connectivity index is 1.34. The topological polar surface area (TPSA) is 55.8 Å². The molecule has 3 unspecified atom stereocenters. The fraction of sp³-hybridized carbons (Fsp3) is 0.458. The average Bonchev–Trinajstić information content (AvgIpc) is 3.46. The van der Waals surface area contributed by atoms with Crippen molar-refractivity contribution in [2.75, 3.05) is 14.1 Å². The van der Waals surface area contributed by atoms with Gasteiger partial charge in [0.15, 0.2) is 0 Å². The Morgan fingerprint density at radius 3 is 2.03 bits per heavy atom. The lowest BCUT2D eigenvalue weighted by Gasteiger charge is -2.46. The fourth-order valence-electron chi connectivity index (χ4n) is 6.41. The molecule has 2 aromatic rings. The van der Waals surface area contributed by atoms with Gasteiger partial charge < -0.3 is 19.1 Å². The molecule has 2 bridgehead atoms. The Morgan fingerprint density at radius 1 is 0.966 bits per heavy atom. The molecule has 5 nitrogen and oxygen atoms in total. The summed E-state index contributed by atoms with van der Waals surface area (Å²) >= 11 is 0. The van der Waals surface area contributed by atoms with Crippen molar-refractivity contribution in [1.29, 1.82) is 0 Å². The molecule has 1 N–H and O–H groups in total. The second-order valence-corrected chi connectivity index (χ2v) is 9.63. The summed E-state index contributed by atoms with van der Waals surface area (Å²) in [5.74, 6) is 1.96. The first-order valence-electron chi connectivity index (χ1n) is 10.5. The summed E-state index contributed by atoms with van der Waals surface area (Å²) in [4.78, 5) is 13.5. The summed E-state index contributed by atoms with van der Waals surface area (Å²) in [5, 5.41) is 11.7. The largest absolute Gasteiger partial charge is 0.459 e. The summed E-state index contributed by atoms with van der Waals surface area (Å²) < 4.78 is 13.0. The van der Waals surface area contributed by atoms with Crippen LogP contribution in [0.5, 0.6) is 11.5 Å². The number of nitrogens with zero attached hydrogens (tertiary/aromatic N) is 1. The van der Waals surface area contributed by atoms with Gasteiger partial charge in [-0.05, 0) is 18.6 Å². The van der Waals surface area contributed by atoms with Crippen molar-refractivity contribution in [3.63, 3.8) is 0 Å². The first-order valence-corrected chi connectivity index (χ1v) is 10.5. The van der Waals surface area contributed by atoms with Crippen molar-refractivity contribution < 1.29 is 23.9 Å². The van der Waals surface area contributed by atoms with Gasteiger partial charge in [-0.15, -0.1) is 0 Å². The number of para-hydroxylation sites is 2. The van der Waals surface area contributed by atoms with Crippen LogP contribution in [0, 0.1) is 11.8 Å². The third kappa shape index (κ3) is 2.26. The van der Waals surface area contributed by atoms with Crippen molar-refractivity contribution in [3.05, 3.63) is 59.7 Å². The highest BCUT2D eigenvalue weighted by Crippen LogP contribution is 2.61. The lowest BCUT2D eigenvalue weighted by molar-refractivity contribution is -0.937. The zero-order valence-electron chi connectivity index (χ0n) is 16.7. The number of rotatable bonds is 2. The van der Waals surface area contributed by atoms with Crippen LogP contribution in [0.3, 0.4) is 0 Å². The van der Waals surface area contributed by atoms with Crippen LogP contribution in [0.25, 0.3) is 0 Å². The molecule has 3 heterocycles. The second kappa shape index (κ2) is 5.61. The molecule has 0 radical (unpaired) electrons. The molecule has 4 aliphatic rings. The van der Waals surface area contributed by atoms with E-state index in [0.29, 0.717) is 34.7 Å². The van der Waals surface area contributed by atoms with Crippen molar-refractivity contribution >= 4 is 5.97 Å². The van der Waals surface area contributed by atoms with E-state index in [2.05, 4.69) is 14.1 Å². The quantitative estimate of drug-likeness (QED) is 0.630. The molecule has 5 heteroatoms. The molecule has 2 aromatic carbocycles. The second-order valence-electron chi connectivity index (χ2n) is 9.63. The molecule has 5 atom stereocenters. The van der Waals surface area contributed by atoms with Gasteiger partial charge in [-0.25, -0.2) is 4.79 Å². The molecule has 1 aliphatic carbocycles. The number of fused-ring (bicyclic) bond motifs is 7. The number of piperidine rings is 2. The minimum atomic E-state index is -1.85. The van der Waals surface area contributed by atoms with Crippen molar-refractivity contribution in [3.8, 4) is 11.5 Å². The molecule has 0 amide bonds. The molecule has 3 aliphatic heterocycles. The van der Waals surface area contributed by atoms with Gasteiger partial charge in [0.1, 0.15) is 17.6 Å². The molecule has 0 spiro atoms. The Hall–Kier alpha value is -2.37. The minimum Gasteiger partial charge on any atom is -0.459 e. The number of hydrogen-bond donors (Lipinski definition) is 1. The molecule has 3 fully saturated rings. The number of esters is 1. The summed E-state index contributed by atoms with van der Waals surface area (Å²) in [6, 6.07) is 15.4. The number of benzene rings is 2. The first-order chi connectivity index (χ1) is 13.9. The molecular formula is C24H26NO4+. The Bertz CT molecular complexity index is 950. The summed E-state index contributed by atoms with van der Waals surface area (Å²) in [7, 11) is 4.63. The standard InChI is InChI=1S/C24H26NO4/c1-25(2)19-11-14(12-20(25)16-13-15(16)19)28-23(26)24(27)17-7-3-5-9-21(17)29-22-10-6-4-8-18(22)24/h3-10,14-16,19-20,27H,11-13H2,1-2H3/q+1/t14-,15+,16?,19?,20?/m1/s1. The molecular weight excluding hydrogens is 366 g/mol.